The molecule has 3 nitrogen and oxygen atoms in total. The molecule has 3 unspecified atom stereocenters. The highest BCUT2D eigenvalue weighted by atomic mass is 19.1. The van der Waals surface area contributed by atoms with E-state index in [9.17, 15) is 4.39 Å². The van der Waals surface area contributed by atoms with Crippen molar-refractivity contribution in [1.29, 1.82) is 0 Å². The van der Waals surface area contributed by atoms with Crippen molar-refractivity contribution < 1.29 is 4.39 Å². The van der Waals surface area contributed by atoms with Crippen LogP contribution < -0.4 is 11.1 Å². The quantitative estimate of drug-likeness (QED) is 0.814. The van der Waals surface area contributed by atoms with Crippen LogP contribution in [0.5, 0.6) is 0 Å². The van der Waals surface area contributed by atoms with E-state index < -0.39 is 0 Å². The van der Waals surface area contributed by atoms with Gasteiger partial charge in [-0.15, -0.1) is 0 Å². The van der Waals surface area contributed by atoms with Gasteiger partial charge in [-0.2, -0.15) is 0 Å². The molecular formula is C17H22FN3. The molecule has 1 aliphatic rings. The molecule has 0 saturated heterocycles. The summed E-state index contributed by atoms with van der Waals surface area (Å²) in [5.41, 5.74) is 7.45. The van der Waals surface area contributed by atoms with Crippen LogP contribution in [-0.2, 0) is 0 Å². The molecule has 3 N–H and O–H groups in total. The van der Waals surface area contributed by atoms with Gasteiger partial charge in [0, 0.05) is 23.3 Å². The molecular weight excluding hydrogens is 265 g/mol. The van der Waals surface area contributed by atoms with Crippen molar-refractivity contribution in [1.82, 2.24) is 4.98 Å². The predicted octanol–water partition coefficient (Wildman–Crippen LogP) is 4.19. The monoisotopic (exact) mass is 287 g/mol. The maximum Gasteiger partial charge on any atom is 0.150 e. The van der Waals surface area contributed by atoms with Crippen LogP contribution in [0.3, 0.4) is 0 Å². The van der Waals surface area contributed by atoms with Gasteiger partial charge in [-0.05, 0) is 49.3 Å². The molecule has 1 aliphatic carbocycles. The molecule has 0 bridgehead atoms. The predicted molar refractivity (Wildman–Crippen MR) is 85.7 cm³/mol. The molecule has 1 heterocycles. The van der Waals surface area contributed by atoms with E-state index in [0.29, 0.717) is 28.9 Å². The van der Waals surface area contributed by atoms with E-state index in [1.807, 2.05) is 12.1 Å². The van der Waals surface area contributed by atoms with Gasteiger partial charge < -0.3 is 11.1 Å². The van der Waals surface area contributed by atoms with Crippen molar-refractivity contribution in [3.8, 4) is 0 Å². The van der Waals surface area contributed by atoms with Gasteiger partial charge in [-0.1, -0.05) is 13.8 Å². The second-order valence-corrected chi connectivity index (χ2v) is 6.37. The SMILES string of the molecule is CC1CCC(Nc2c(F)cc(N)c3cccnc23)C(C)C1. The molecule has 0 amide bonds. The Morgan fingerprint density at radius 1 is 1.33 bits per heavy atom. The number of anilines is 2. The molecule has 4 heteroatoms. The Bertz CT molecular complexity index is 656. The minimum Gasteiger partial charge on any atom is -0.398 e. The largest absolute Gasteiger partial charge is 0.398 e. The number of nitrogens with two attached hydrogens (primary N) is 1. The maximum atomic E-state index is 14.4. The minimum absolute atomic E-state index is 0.296. The van der Waals surface area contributed by atoms with E-state index in [4.69, 9.17) is 5.73 Å². The van der Waals surface area contributed by atoms with Gasteiger partial charge in [0.15, 0.2) is 5.82 Å². The first-order chi connectivity index (χ1) is 10.1. The first kappa shape index (κ1) is 14.1. The highest BCUT2D eigenvalue weighted by Gasteiger charge is 2.26. The molecule has 1 fully saturated rings. The zero-order chi connectivity index (χ0) is 15.0. The molecule has 0 aliphatic heterocycles. The van der Waals surface area contributed by atoms with Crippen molar-refractivity contribution in [2.45, 2.75) is 39.2 Å². The second kappa shape index (κ2) is 5.51. The second-order valence-electron chi connectivity index (χ2n) is 6.37. The molecule has 1 aromatic heterocycles. The Labute approximate surface area is 124 Å². The topological polar surface area (TPSA) is 50.9 Å². The Morgan fingerprint density at radius 2 is 2.14 bits per heavy atom. The number of rotatable bonds is 2. The van der Waals surface area contributed by atoms with Crippen LogP contribution in [0.15, 0.2) is 24.4 Å². The lowest BCUT2D eigenvalue weighted by molar-refractivity contribution is 0.276. The fourth-order valence-electron chi connectivity index (χ4n) is 3.44. The zero-order valence-electron chi connectivity index (χ0n) is 12.6. The molecule has 1 aromatic carbocycles. The summed E-state index contributed by atoms with van der Waals surface area (Å²) in [5.74, 6) is 0.971. The van der Waals surface area contributed by atoms with Crippen LogP contribution in [0.1, 0.15) is 33.1 Å². The van der Waals surface area contributed by atoms with Crippen LogP contribution in [-0.4, -0.2) is 11.0 Å². The summed E-state index contributed by atoms with van der Waals surface area (Å²) >= 11 is 0. The van der Waals surface area contributed by atoms with Crippen molar-refractivity contribution in [2.24, 2.45) is 11.8 Å². The molecule has 112 valence electrons. The molecule has 1 saturated carbocycles. The number of nitrogens with one attached hydrogen (secondary N) is 1. The van der Waals surface area contributed by atoms with Gasteiger partial charge >= 0.3 is 0 Å². The van der Waals surface area contributed by atoms with E-state index in [1.54, 1.807) is 6.20 Å². The third-order valence-electron chi connectivity index (χ3n) is 4.64. The Hall–Kier alpha value is -1.84. The summed E-state index contributed by atoms with van der Waals surface area (Å²) in [4.78, 5) is 4.33. The Balaban J connectivity index is 1.97. The number of hydrogen-bond acceptors (Lipinski definition) is 3. The number of halogens is 1. The number of nitrogens with zero attached hydrogens (tertiary/aromatic N) is 1. The fraction of sp³-hybridized carbons (Fsp3) is 0.471. The smallest absolute Gasteiger partial charge is 0.150 e. The third-order valence-corrected chi connectivity index (χ3v) is 4.64. The van der Waals surface area contributed by atoms with Crippen LogP contribution >= 0.6 is 0 Å². The minimum atomic E-state index is -0.315. The van der Waals surface area contributed by atoms with Crippen LogP contribution in [0.25, 0.3) is 10.9 Å². The summed E-state index contributed by atoms with van der Waals surface area (Å²) in [6, 6.07) is 5.40. The lowest BCUT2D eigenvalue weighted by atomic mass is 9.80. The van der Waals surface area contributed by atoms with Gasteiger partial charge in [-0.3, -0.25) is 4.98 Å². The van der Waals surface area contributed by atoms with Crippen LogP contribution in [0.4, 0.5) is 15.8 Å². The van der Waals surface area contributed by atoms with E-state index >= 15 is 0 Å². The van der Waals surface area contributed by atoms with Crippen LogP contribution in [0.2, 0.25) is 0 Å². The van der Waals surface area contributed by atoms with Gasteiger partial charge in [0.1, 0.15) is 0 Å². The van der Waals surface area contributed by atoms with E-state index in [1.165, 1.54) is 18.9 Å². The van der Waals surface area contributed by atoms with Crippen LogP contribution in [0, 0.1) is 17.7 Å². The molecule has 21 heavy (non-hydrogen) atoms. The first-order valence-corrected chi connectivity index (χ1v) is 7.65. The van der Waals surface area contributed by atoms with Gasteiger partial charge in [0.25, 0.3) is 0 Å². The highest BCUT2D eigenvalue weighted by molar-refractivity contribution is 5.98. The lowest BCUT2D eigenvalue weighted by Gasteiger charge is -2.34. The molecule has 3 rings (SSSR count). The summed E-state index contributed by atoms with van der Waals surface area (Å²) in [6.07, 6.45) is 5.11. The Kier molecular flexibility index (Phi) is 3.70. The zero-order valence-corrected chi connectivity index (χ0v) is 12.6. The summed E-state index contributed by atoms with van der Waals surface area (Å²) < 4.78 is 14.4. The Morgan fingerprint density at radius 3 is 2.90 bits per heavy atom. The fourth-order valence-corrected chi connectivity index (χ4v) is 3.44. The van der Waals surface area contributed by atoms with E-state index in [0.717, 1.165) is 17.7 Å². The molecule has 0 radical (unpaired) electrons. The normalized spacial score (nSPS) is 26.0. The summed E-state index contributed by atoms with van der Waals surface area (Å²) in [5, 5.41) is 4.20. The van der Waals surface area contributed by atoms with Crippen molar-refractivity contribution in [3.63, 3.8) is 0 Å². The average molecular weight is 287 g/mol. The summed E-state index contributed by atoms with van der Waals surface area (Å²) in [6.45, 7) is 4.52. The van der Waals surface area contributed by atoms with E-state index in [2.05, 4.69) is 24.1 Å². The number of fused-ring (bicyclic) bond motifs is 1. The third kappa shape index (κ3) is 2.67. The first-order valence-electron chi connectivity index (χ1n) is 7.65. The lowest BCUT2D eigenvalue weighted by Crippen LogP contribution is -2.33. The molecule has 3 atom stereocenters. The summed E-state index contributed by atoms with van der Waals surface area (Å²) in [7, 11) is 0. The van der Waals surface area contributed by atoms with Gasteiger partial charge in [0.05, 0.1) is 11.2 Å². The highest BCUT2D eigenvalue weighted by Crippen LogP contribution is 2.35. The number of aromatic nitrogens is 1. The molecule has 0 spiro atoms. The van der Waals surface area contributed by atoms with Crippen molar-refractivity contribution in [2.75, 3.05) is 11.1 Å². The van der Waals surface area contributed by atoms with Gasteiger partial charge in [0.2, 0.25) is 0 Å². The van der Waals surface area contributed by atoms with Crippen molar-refractivity contribution >= 4 is 22.3 Å². The maximum absolute atomic E-state index is 14.4. The van der Waals surface area contributed by atoms with Gasteiger partial charge in [-0.25, -0.2) is 4.39 Å². The number of hydrogen-bond donors (Lipinski definition) is 2. The number of pyridine rings is 1. The average Bonchev–Trinajstić information content (AvgIpc) is 2.45. The standard InChI is InChI=1S/C17H22FN3/c1-10-5-6-15(11(2)8-10)21-17-13(18)9-14(19)12-4-3-7-20-16(12)17/h3-4,7,9-11,15,21H,5-6,8,19H2,1-2H3. The number of nitrogen functional groups attached to an aromatic ring is 1. The molecule has 2 aromatic rings. The number of benzene rings is 1. The van der Waals surface area contributed by atoms with Crippen molar-refractivity contribution in [3.05, 3.63) is 30.2 Å². The van der Waals surface area contributed by atoms with E-state index in [-0.39, 0.29) is 5.82 Å².